The van der Waals surface area contributed by atoms with Gasteiger partial charge in [-0.3, -0.25) is 33.6 Å². The van der Waals surface area contributed by atoms with Crippen molar-refractivity contribution in [2.75, 3.05) is 26.2 Å². The highest BCUT2D eigenvalue weighted by atomic mass is 16.3. The molecule has 3 rings (SSSR count). The molecule has 2 aliphatic rings. The van der Waals surface area contributed by atoms with E-state index in [1.165, 1.54) is 35.8 Å². The second kappa shape index (κ2) is 15.1. The molecule has 1 unspecified atom stereocenters. The van der Waals surface area contributed by atoms with Crippen LogP contribution >= 0.6 is 0 Å². The predicted octanol–water partition coefficient (Wildman–Crippen LogP) is -3.39. The van der Waals surface area contributed by atoms with E-state index < -0.39 is 84.7 Å². The fourth-order valence-corrected chi connectivity index (χ4v) is 5.27. The van der Waals surface area contributed by atoms with Crippen LogP contribution in [-0.4, -0.2) is 118 Å². The maximum Gasteiger partial charge on any atom is 0.246 e. The van der Waals surface area contributed by atoms with Crippen LogP contribution < -0.4 is 27.0 Å². The van der Waals surface area contributed by atoms with E-state index in [1.807, 2.05) is 0 Å². The van der Waals surface area contributed by atoms with Crippen LogP contribution in [0.5, 0.6) is 5.75 Å². The Hall–Kier alpha value is -4.73. The van der Waals surface area contributed by atoms with Crippen molar-refractivity contribution in [2.45, 2.75) is 69.8 Å². The van der Waals surface area contributed by atoms with Crippen LogP contribution in [0.1, 0.15) is 38.7 Å². The topological polar surface area (TPSA) is 241 Å². The number of carbonyl (C=O) groups excluding carboxylic acids is 7. The Labute approximate surface area is 253 Å². The Bertz CT molecular complexity index is 1270. The Morgan fingerprint density at radius 3 is 2.30 bits per heavy atom. The Kier molecular flexibility index (Phi) is 11.6. The van der Waals surface area contributed by atoms with Crippen LogP contribution in [0.3, 0.4) is 0 Å². The van der Waals surface area contributed by atoms with E-state index in [4.69, 9.17) is 5.73 Å². The van der Waals surface area contributed by atoms with E-state index in [9.17, 15) is 43.8 Å². The molecule has 7 amide bonds. The third kappa shape index (κ3) is 9.13. The zero-order valence-corrected chi connectivity index (χ0v) is 24.6. The third-order valence-corrected chi connectivity index (χ3v) is 7.37. The van der Waals surface area contributed by atoms with E-state index in [0.717, 1.165) is 0 Å². The lowest BCUT2D eigenvalue weighted by molar-refractivity contribution is -0.148. The smallest absolute Gasteiger partial charge is 0.246 e. The SMILES string of the molecule is CC(=O)N[C@H](Cc1ccc(O)cc1)C(=O)N1CCC[C@@H]1C(=O)N1CC(O)C[C@@H]1C(=O)NCC(=O)N[C@H](C)C(=O)NCC(N)=O. The zero-order chi connectivity index (χ0) is 32.6. The summed E-state index contributed by atoms with van der Waals surface area (Å²) >= 11 is 0. The number of nitrogens with zero attached hydrogens (tertiary/aromatic N) is 2. The van der Waals surface area contributed by atoms with Crippen molar-refractivity contribution < 1.29 is 43.8 Å². The summed E-state index contributed by atoms with van der Waals surface area (Å²) in [5, 5.41) is 29.5. The predicted molar refractivity (Wildman–Crippen MR) is 153 cm³/mol. The van der Waals surface area contributed by atoms with Crippen molar-refractivity contribution in [2.24, 2.45) is 5.73 Å². The van der Waals surface area contributed by atoms with Crippen LogP contribution in [0, 0.1) is 0 Å². The molecule has 240 valence electrons. The molecule has 2 fully saturated rings. The number of phenolic OH excluding ortho intramolecular Hbond substituents is 1. The van der Waals surface area contributed by atoms with Crippen LogP contribution in [0.15, 0.2) is 24.3 Å². The number of aromatic hydroxyl groups is 1. The lowest BCUT2D eigenvalue weighted by atomic mass is 10.0. The molecule has 2 aliphatic heterocycles. The summed E-state index contributed by atoms with van der Waals surface area (Å²) in [7, 11) is 0. The molecule has 0 aliphatic carbocycles. The number of phenols is 1. The van der Waals surface area contributed by atoms with Crippen LogP contribution in [0.4, 0.5) is 0 Å². The average molecular weight is 618 g/mol. The Balaban J connectivity index is 1.64. The van der Waals surface area contributed by atoms with Crippen molar-refractivity contribution >= 4 is 41.4 Å². The Morgan fingerprint density at radius 2 is 1.66 bits per heavy atom. The summed E-state index contributed by atoms with van der Waals surface area (Å²) in [6, 6.07) is 2.13. The standard InChI is InChI=1S/C28H39N7O9/c1-15(25(41)30-12-23(29)39)32-24(40)13-31-26(42)22-11-19(38)14-35(22)28(44)21-4-3-9-34(21)27(43)20(33-16(2)36)10-17-5-7-18(37)8-6-17/h5-8,15,19-22,37-38H,3-4,9-14H2,1-2H3,(H2,29,39)(H,30,41)(H,31,42)(H,32,40)(H,33,36)/t15-,19?,20-,21-,22-/m1/s1. The molecule has 0 radical (unpaired) electrons. The maximum absolute atomic E-state index is 13.7. The number of primary amides is 1. The number of nitrogens with one attached hydrogen (secondary N) is 4. The molecule has 1 aromatic rings. The minimum Gasteiger partial charge on any atom is -0.508 e. The number of hydrogen-bond donors (Lipinski definition) is 7. The molecule has 1 aromatic carbocycles. The van der Waals surface area contributed by atoms with Gasteiger partial charge in [0.25, 0.3) is 0 Å². The number of β-amino-alcohol motifs (C(OH)–C–C–N with tert-alkyl or cyclic N) is 1. The van der Waals surface area contributed by atoms with Crippen LogP contribution in [0.2, 0.25) is 0 Å². The average Bonchev–Trinajstić information content (AvgIpc) is 3.61. The second-order valence-electron chi connectivity index (χ2n) is 10.9. The van der Waals surface area contributed by atoms with Gasteiger partial charge in [-0.2, -0.15) is 0 Å². The minimum atomic E-state index is -1.11. The summed E-state index contributed by atoms with van der Waals surface area (Å²) in [6.45, 7) is 1.82. The van der Waals surface area contributed by atoms with Crippen molar-refractivity contribution in [1.82, 2.24) is 31.1 Å². The molecule has 2 saturated heterocycles. The zero-order valence-electron chi connectivity index (χ0n) is 24.6. The van der Waals surface area contributed by atoms with Gasteiger partial charge in [-0.15, -0.1) is 0 Å². The van der Waals surface area contributed by atoms with Gasteiger partial charge in [-0.05, 0) is 37.5 Å². The highest BCUT2D eigenvalue weighted by molar-refractivity contribution is 5.96. The number of likely N-dealkylation sites (tertiary alicyclic amines) is 2. The van der Waals surface area contributed by atoms with E-state index in [0.29, 0.717) is 18.4 Å². The van der Waals surface area contributed by atoms with E-state index in [2.05, 4.69) is 21.3 Å². The molecule has 0 saturated carbocycles. The number of aliphatic hydroxyl groups excluding tert-OH is 1. The molecule has 0 aromatic heterocycles. The fourth-order valence-electron chi connectivity index (χ4n) is 5.27. The van der Waals surface area contributed by atoms with Crippen molar-refractivity contribution in [3.63, 3.8) is 0 Å². The summed E-state index contributed by atoms with van der Waals surface area (Å²) in [6.07, 6.45) is -0.148. The third-order valence-electron chi connectivity index (χ3n) is 7.37. The van der Waals surface area contributed by atoms with E-state index in [-0.39, 0.29) is 31.7 Å². The highest BCUT2D eigenvalue weighted by Gasteiger charge is 2.45. The fraction of sp³-hybridized carbons (Fsp3) is 0.536. The van der Waals surface area contributed by atoms with Crippen LogP contribution in [-0.2, 0) is 40.0 Å². The summed E-state index contributed by atoms with van der Waals surface area (Å²) in [4.78, 5) is 89.9. The van der Waals surface area contributed by atoms with Gasteiger partial charge in [0.1, 0.15) is 29.9 Å². The maximum atomic E-state index is 13.7. The highest BCUT2D eigenvalue weighted by Crippen LogP contribution is 2.26. The summed E-state index contributed by atoms with van der Waals surface area (Å²) < 4.78 is 0. The number of rotatable bonds is 12. The summed E-state index contributed by atoms with van der Waals surface area (Å²) in [5.74, 6) is -4.22. The first kappa shape index (κ1) is 33.8. The van der Waals surface area contributed by atoms with Crippen molar-refractivity contribution in [3.8, 4) is 5.75 Å². The largest absolute Gasteiger partial charge is 0.508 e. The molecule has 0 bridgehead atoms. The van der Waals surface area contributed by atoms with Gasteiger partial charge in [0.2, 0.25) is 41.4 Å². The molecular formula is C28H39N7O9. The first-order chi connectivity index (χ1) is 20.8. The van der Waals surface area contributed by atoms with Gasteiger partial charge in [0.15, 0.2) is 0 Å². The quantitative estimate of drug-likeness (QED) is 0.124. The molecule has 2 heterocycles. The molecule has 0 spiro atoms. The monoisotopic (exact) mass is 617 g/mol. The Morgan fingerprint density at radius 1 is 0.977 bits per heavy atom. The molecular weight excluding hydrogens is 578 g/mol. The minimum absolute atomic E-state index is 0.0485. The number of amides is 7. The number of benzene rings is 1. The second-order valence-corrected chi connectivity index (χ2v) is 10.9. The van der Waals surface area contributed by atoms with Crippen LogP contribution in [0.25, 0.3) is 0 Å². The first-order valence-corrected chi connectivity index (χ1v) is 14.2. The molecule has 44 heavy (non-hydrogen) atoms. The lowest BCUT2D eigenvalue weighted by Gasteiger charge is -2.32. The van der Waals surface area contributed by atoms with Gasteiger partial charge in [0.05, 0.1) is 19.2 Å². The lowest BCUT2D eigenvalue weighted by Crippen LogP contribution is -2.57. The molecule has 8 N–H and O–H groups in total. The van der Waals surface area contributed by atoms with E-state index in [1.54, 1.807) is 12.1 Å². The van der Waals surface area contributed by atoms with Crippen molar-refractivity contribution in [1.29, 1.82) is 0 Å². The number of nitrogens with two attached hydrogens (primary N) is 1. The normalized spacial score (nSPS) is 20.8. The number of aliphatic hydroxyl groups is 1. The van der Waals surface area contributed by atoms with E-state index >= 15 is 0 Å². The van der Waals surface area contributed by atoms with Gasteiger partial charge in [-0.25, -0.2) is 0 Å². The van der Waals surface area contributed by atoms with Gasteiger partial charge in [-0.1, -0.05) is 12.1 Å². The molecule has 16 heteroatoms. The van der Waals surface area contributed by atoms with Crippen molar-refractivity contribution in [3.05, 3.63) is 29.8 Å². The summed E-state index contributed by atoms with van der Waals surface area (Å²) in [5.41, 5.74) is 5.66. The van der Waals surface area contributed by atoms with Gasteiger partial charge in [0, 0.05) is 32.9 Å². The molecule has 5 atom stereocenters. The molecule has 16 nitrogen and oxygen atoms in total. The van der Waals surface area contributed by atoms with Gasteiger partial charge < -0.3 is 47.0 Å². The number of carbonyl (C=O) groups is 7. The van der Waals surface area contributed by atoms with Gasteiger partial charge >= 0.3 is 0 Å². The first-order valence-electron chi connectivity index (χ1n) is 14.2. The number of hydrogen-bond acceptors (Lipinski definition) is 9.